The zero-order valence-electron chi connectivity index (χ0n) is 11.2. The van der Waals surface area contributed by atoms with Gasteiger partial charge in [0.1, 0.15) is 5.75 Å². The Labute approximate surface area is 118 Å². The summed E-state index contributed by atoms with van der Waals surface area (Å²) in [6, 6.07) is 4.47. The van der Waals surface area contributed by atoms with Crippen LogP contribution in [0, 0.1) is 12.8 Å². The van der Waals surface area contributed by atoms with Gasteiger partial charge in [0, 0.05) is 10.5 Å². The largest absolute Gasteiger partial charge is 0.493 e. The third-order valence-electron chi connectivity index (χ3n) is 3.48. The highest BCUT2D eigenvalue weighted by molar-refractivity contribution is 9.10. The third-order valence-corrected chi connectivity index (χ3v) is 3.94. The summed E-state index contributed by atoms with van der Waals surface area (Å²) >= 11 is 3.55. The molecule has 0 spiro atoms. The van der Waals surface area contributed by atoms with Crippen molar-refractivity contribution in [3.05, 3.63) is 27.7 Å². The summed E-state index contributed by atoms with van der Waals surface area (Å²) in [7, 11) is 0. The van der Waals surface area contributed by atoms with Gasteiger partial charge < -0.3 is 10.5 Å². The molecule has 1 aromatic carbocycles. The van der Waals surface area contributed by atoms with Gasteiger partial charge >= 0.3 is 0 Å². The summed E-state index contributed by atoms with van der Waals surface area (Å²) in [5.74, 6) is 1.83. The van der Waals surface area contributed by atoms with Crippen LogP contribution in [0.1, 0.15) is 37.3 Å². The molecule has 1 unspecified atom stereocenters. The zero-order valence-corrected chi connectivity index (χ0v) is 12.8. The van der Waals surface area contributed by atoms with E-state index < -0.39 is 0 Å². The zero-order chi connectivity index (χ0) is 13.1. The van der Waals surface area contributed by atoms with Crippen LogP contribution in [0.15, 0.2) is 16.6 Å². The second-order valence-electron chi connectivity index (χ2n) is 5.34. The summed E-state index contributed by atoms with van der Waals surface area (Å²) in [6.07, 6.45) is 4.52. The minimum Gasteiger partial charge on any atom is -0.493 e. The monoisotopic (exact) mass is 311 g/mol. The Morgan fingerprint density at radius 1 is 1.44 bits per heavy atom. The second-order valence-corrected chi connectivity index (χ2v) is 6.25. The summed E-state index contributed by atoms with van der Waals surface area (Å²) in [4.78, 5) is 0. The summed E-state index contributed by atoms with van der Waals surface area (Å²) < 4.78 is 7.12. The molecule has 0 aliphatic heterocycles. The molecule has 0 bridgehead atoms. The molecule has 2 N–H and O–H groups in total. The molecule has 1 aromatic rings. The number of benzene rings is 1. The Bertz CT molecular complexity index is 415. The lowest BCUT2D eigenvalue weighted by Gasteiger charge is -2.17. The molecule has 100 valence electrons. The van der Waals surface area contributed by atoms with Crippen LogP contribution in [0.3, 0.4) is 0 Å². The van der Waals surface area contributed by atoms with Crippen LogP contribution in [-0.4, -0.2) is 12.6 Å². The third kappa shape index (κ3) is 3.72. The van der Waals surface area contributed by atoms with Crippen molar-refractivity contribution in [1.29, 1.82) is 0 Å². The van der Waals surface area contributed by atoms with E-state index in [9.17, 15) is 0 Å². The van der Waals surface area contributed by atoms with E-state index >= 15 is 0 Å². The molecule has 0 heterocycles. The Balaban J connectivity index is 2.16. The number of rotatable bonds is 6. The number of hydrogen-bond donors (Lipinski definition) is 1. The molecule has 1 saturated carbocycles. The fourth-order valence-electron chi connectivity index (χ4n) is 2.07. The number of halogens is 1. The highest BCUT2D eigenvalue weighted by Gasteiger charge is 2.23. The molecular weight excluding hydrogens is 290 g/mol. The standard InChI is InChI=1S/C15H22BrNO/c1-3-14(17)8-12-7-13(16)6-10(2)15(12)18-9-11-4-5-11/h6-7,11,14H,3-5,8-9,17H2,1-2H3. The highest BCUT2D eigenvalue weighted by Crippen LogP contribution is 2.33. The van der Waals surface area contributed by atoms with Gasteiger partial charge in [-0.1, -0.05) is 22.9 Å². The smallest absolute Gasteiger partial charge is 0.125 e. The minimum absolute atomic E-state index is 0.210. The molecule has 1 atom stereocenters. The van der Waals surface area contributed by atoms with Crippen molar-refractivity contribution < 1.29 is 4.74 Å². The van der Waals surface area contributed by atoms with Gasteiger partial charge in [-0.25, -0.2) is 0 Å². The van der Waals surface area contributed by atoms with Crippen molar-refractivity contribution in [3.63, 3.8) is 0 Å². The van der Waals surface area contributed by atoms with E-state index in [2.05, 4.69) is 41.9 Å². The van der Waals surface area contributed by atoms with E-state index in [1.54, 1.807) is 0 Å². The fourth-order valence-corrected chi connectivity index (χ4v) is 2.69. The molecule has 3 heteroatoms. The van der Waals surface area contributed by atoms with E-state index in [-0.39, 0.29) is 6.04 Å². The van der Waals surface area contributed by atoms with Crippen molar-refractivity contribution >= 4 is 15.9 Å². The van der Waals surface area contributed by atoms with Crippen molar-refractivity contribution in [2.45, 2.75) is 45.6 Å². The SMILES string of the molecule is CCC(N)Cc1cc(Br)cc(C)c1OCC1CC1. The van der Waals surface area contributed by atoms with Gasteiger partial charge in [0.2, 0.25) is 0 Å². The van der Waals surface area contributed by atoms with Crippen molar-refractivity contribution in [2.24, 2.45) is 11.7 Å². The van der Waals surface area contributed by atoms with Gasteiger partial charge in [-0.3, -0.25) is 0 Å². The van der Waals surface area contributed by atoms with E-state index in [1.165, 1.54) is 24.0 Å². The van der Waals surface area contributed by atoms with E-state index in [0.29, 0.717) is 0 Å². The van der Waals surface area contributed by atoms with E-state index in [4.69, 9.17) is 10.5 Å². The first-order valence-corrected chi connectivity index (χ1v) is 7.56. The van der Waals surface area contributed by atoms with Crippen molar-refractivity contribution in [3.8, 4) is 5.75 Å². The molecule has 1 aliphatic rings. The van der Waals surface area contributed by atoms with Crippen LogP contribution < -0.4 is 10.5 Å². The van der Waals surface area contributed by atoms with Crippen LogP contribution in [0.5, 0.6) is 5.75 Å². The Morgan fingerprint density at radius 2 is 2.17 bits per heavy atom. The van der Waals surface area contributed by atoms with Gasteiger partial charge in [-0.2, -0.15) is 0 Å². The van der Waals surface area contributed by atoms with Crippen LogP contribution in [0.2, 0.25) is 0 Å². The van der Waals surface area contributed by atoms with Gasteiger partial charge in [0.05, 0.1) is 6.61 Å². The molecule has 1 aliphatic carbocycles. The van der Waals surface area contributed by atoms with Gasteiger partial charge in [0.15, 0.2) is 0 Å². The van der Waals surface area contributed by atoms with Crippen LogP contribution >= 0.6 is 15.9 Å². The molecule has 0 aromatic heterocycles. The average molecular weight is 312 g/mol. The number of ether oxygens (including phenoxy) is 1. The van der Waals surface area contributed by atoms with Gasteiger partial charge in [-0.05, 0) is 61.8 Å². The second kappa shape index (κ2) is 6.07. The summed E-state index contributed by atoms with van der Waals surface area (Å²) in [5.41, 5.74) is 8.50. The van der Waals surface area contributed by atoms with Gasteiger partial charge in [-0.15, -0.1) is 0 Å². The highest BCUT2D eigenvalue weighted by atomic mass is 79.9. The molecule has 0 amide bonds. The fraction of sp³-hybridized carbons (Fsp3) is 0.600. The minimum atomic E-state index is 0.210. The Hall–Kier alpha value is -0.540. The molecule has 0 saturated heterocycles. The molecule has 2 nitrogen and oxygen atoms in total. The molecule has 2 rings (SSSR count). The molecule has 0 radical (unpaired) electrons. The first-order valence-electron chi connectivity index (χ1n) is 6.77. The van der Waals surface area contributed by atoms with Crippen LogP contribution in [-0.2, 0) is 6.42 Å². The lowest BCUT2D eigenvalue weighted by Crippen LogP contribution is -2.22. The lowest BCUT2D eigenvalue weighted by atomic mass is 10.0. The Morgan fingerprint density at radius 3 is 2.78 bits per heavy atom. The maximum absolute atomic E-state index is 6.07. The van der Waals surface area contributed by atoms with E-state index in [0.717, 1.165) is 35.6 Å². The maximum atomic E-state index is 6.07. The normalized spacial score (nSPS) is 16.7. The quantitative estimate of drug-likeness (QED) is 0.866. The molecule has 18 heavy (non-hydrogen) atoms. The first kappa shape index (κ1) is 13.9. The summed E-state index contributed by atoms with van der Waals surface area (Å²) in [5, 5.41) is 0. The lowest BCUT2D eigenvalue weighted by molar-refractivity contribution is 0.294. The number of hydrogen-bond acceptors (Lipinski definition) is 2. The Kier molecular flexibility index (Phi) is 4.68. The maximum Gasteiger partial charge on any atom is 0.125 e. The van der Waals surface area contributed by atoms with Crippen molar-refractivity contribution in [2.75, 3.05) is 6.61 Å². The average Bonchev–Trinajstić information content (AvgIpc) is 3.11. The first-order chi connectivity index (χ1) is 8.60. The number of nitrogens with two attached hydrogens (primary N) is 1. The number of aryl methyl sites for hydroxylation is 1. The van der Waals surface area contributed by atoms with Crippen molar-refractivity contribution in [1.82, 2.24) is 0 Å². The predicted octanol–water partition coefficient (Wildman–Crippen LogP) is 3.83. The molecular formula is C15H22BrNO. The van der Waals surface area contributed by atoms with E-state index in [1.807, 2.05) is 0 Å². The van der Waals surface area contributed by atoms with Crippen LogP contribution in [0.4, 0.5) is 0 Å². The summed E-state index contributed by atoms with van der Waals surface area (Å²) in [6.45, 7) is 5.09. The van der Waals surface area contributed by atoms with Crippen LogP contribution in [0.25, 0.3) is 0 Å². The molecule has 1 fully saturated rings. The van der Waals surface area contributed by atoms with Gasteiger partial charge in [0.25, 0.3) is 0 Å². The topological polar surface area (TPSA) is 35.2 Å². The predicted molar refractivity (Wildman–Crippen MR) is 79.1 cm³/mol.